The number of piperidine rings is 1. The Kier molecular flexibility index (Phi) is 4.35. The number of Topliss-reactive ketones (excluding diaryl/α,β-unsaturated/α-hetero) is 1. The Labute approximate surface area is 122 Å². The van der Waals surface area contributed by atoms with Gasteiger partial charge in [0.05, 0.1) is 10.4 Å². The van der Waals surface area contributed by atoms with Crippen molar-refractivity contribution in [3.8, 4) is 0 Å². The molecule has 0 aliphatic carbocycles. The topological polar surface area (TPSA) is 54.5 Å². The Morgan fingerprint density at radius 2 is 2.16 bits per heavy atom. The van der Waals surface area contributed by atoms with Gasteiger partial charge in [-0.1, -0.05) is 18.0 Å². The fourth-order valence-corrected chi connectivity index (χ4v) is 5.82. The van der Waals surface area contributed by atoms with Crippen LogP contribution in [-0.2, 0) is 14.8 Å². The van der Waals surface area contributed by atoms with Crippen LogP contribution in [0.2, 0.25) is 4.34 Å². The average molecular weight is 322 g/mol. The molecule has 1 aromatic heterocycles. The summed E-state index contributed by atoms with van der Waals surface area (Å²) >= 11 is 7.00. The summed E-state index contributed by atoms with van der Waals surface area (Å²) in [4.78, 5) is 11.6. The van der Waals surface area contributed by atoms with E-state index in [-0.39, 0.29) is 9.99 Å². The summed E-state index contributed by atoms with van der Waals surface area (Å²) in [5, 5.41) is 0. The lowest BCUT2D eigenvalue weighted by Gasteiger charge is -2.32. The molecule has 0 bridgehead atoms. The van der Waals surface area contributed by atoms with E-state index in [1.807, 2.05) is 0 Å². The summed E-state index contributed by atoms with van der Waals surface area (Å²) < 4.78 is 27.2. The predicted octanol–water partition coefficient (Wildman–Crippen LogP) is 2.84. The zero-order valence-electron chi connectivity index (χ0n) is 10.8. The lowest BCUT2D eigenvalue weighted by molar-refractivity contribution is -0.121. The SMILES string of the molecule is CC(=O)C1CCCCN1S(=O)(=O)c1cc(C)c(Cl)s1. The number of sulfonamides is 1. The maximum Gasteiger partial charge on any atom is 0.253 e. The van der Waals surface area contributed by atoms with Gasteiger partial charge in [-0.3, -0.25) is 4.79 Å². The molecule has 0 amide bonds. The van der Waals surface area contributed by atoms with Crippen LogP contribution in [0.3, 0.4) is 0 Å². The standard InChI is InChI=1S/C12H16ClNO3S2/c1-8-7-11(18-12(8)13)19(16,17)14-6-4-3-5-10(14)9(2)15/h7,10H,3-6H2,1-2H3. The number of carbonyl (C=O) groups is 1. The predicted molar refractivity (Wildman–Crippen MR) is 76.3 cm³/mol. The van der Waals surface area contributed by atoms with Crippen molar-refractivity contribution in [1.82, 2.24) is 4.31 Å². The van der Waals surface area contributed by atoms with Crippen LogP contribution in [0.25, 0.3) is 0 Å². The highest BCUT2D eigenvalue weighted by Gasteiger charge is 2.36. The number of ketones is 1. The molecular formula is C12H16ClNO3S2. The number of thiophene rings is 1. The molecule has 19 heavy (non-hydrogen) atoms. The number of carbonyl (C=O) groups excluding carboxylic acids is 1. The van der Waals surface area contributed by atoms with Gasteiger partial charge in [-0.05, 0) is 38.3 Å². The molecule has 1 atom stereocenters. The van der Waals surface area contributed by atoms with Crippen LogP contribution in [0.5, 0.6) is 0 Å². The number of aryl methyl sites for hydroxylation is 1. The van der Waals surface area contributed by atoms with Crippen molar-refractivity contribution in [1.29, 1.82) is 0 Å². The van der Waals surface area contributed by atoms with E-state index in [0.717, 1.165) is 29.7 Å². The Morgan fingerprint density at radius 3 is 2.68 bits per heavy atom. The minimum absolute atomic E-state index is 0.0948. The number of halogens is 1. The van der Waals surface area contributed by atoms with E-state index in [0.29, 0.717) is 17.3 Å². The lowest BCUT2D eigenvalue weighted by Crippen LogP contribution is -2.46. The summed E-state index contributed by atoms with van der Waals surface area (Å²) in [5.74, 6) is -0.0948. The molecule has 1 saturated heterocycles. The second-order valence-corrected chi connectivity index (χ2v) is 8.53. The van der Waals surface area contributed by atoms with Gasteiger partial charge >= 0.3 is 0 Å². The van der Waals surface area contributed by atoms with Crippen molar-refractivity contribution in [3.05, 3.63) is 16.0 Å². The first-order chi connectivity index (χ1) is 8.84. The molecule has 7 heteroatoms. The van der Waals surface area contributed by atoms with Crippen molar-refractivity contribution >= 4 is 38.7 Å². The Bertz CT molecular complexity index is 575. The van der Waals surface area contributed by atoms with Gasteiger partial charge in [-0.15, -0.1) is 11.3 Å². The molecule has 106 valence electrons. The number of nitrogens with zero attached hydrogens (tertiary/aromatic N) is 1. The van der Waals surface area contributed by atoms with Crippen LogP contribution in [0.1, 0.15) is 31.7 Å². The molecule has 0 aromatic carbocycles. The highest BCUT2D eigenvalue weighted by Crippen LogP contribution is 2.34. The second-order valence-electron chi connectivity index (χ2n) is 4.76. The molecule has 0 saturated carbocycles. The zero-order chi connectivity index (χ0) is 14.2. The van der Waals surface area contributed by atoms with Gasteiger partial charge < -0.3 is 0 Å². The minimum atomic E-state index is -3.61. The van der Waals surface area contributed by atoms with Gasteiger partial charge in [0.1, 0.15) is 9.99 Å². The first kappa shape index (κ1) is 15.0. The number of rotatable bonds is 3. The van der Waals surface area contributed by atoms with E-state index in [4.69, 9.17) is 11.6 Å². The highest BCUT2D eigenvalue weighted by molar-refractivity contribution is 7.91. The van der Waals surface area contributed by atoms with Crippen LogP contribution in [0.15, 0.2) is 10.3 Å². The molecular weight excluding hydrogens is 306 g/mol. The minimum Gasteiger partial charge on any atom is -0.298 e. The molecule has 1 unspecified atom stereocenters. The average Bonchev–Trinajstić information content (AvgIpc) is 2.70. The third-order valence-corrected chi connectivity index (χ3v) is 7.23. The summed E-state index contributed by atoms with van der Waals surface area (Å²) in [7, 11) is -3.61. The fraction of sp³-hybridized carbons (Fsp3) is 0.583. The Hall–Kier alpha value is -0.430. The van der Waals surface area contributed by atoms with E-state index in [9.17, 15) is 13.2 Å². The van der Waals surface area contributed by atoms with Gasteiger partial charge in [0.15, 0.2) is 0 Å². The molecule has 2 heterocycles. The number of hydrogen-bond acceptors (Lipinski definition) is 4. The lowest BCUT2D eigenvalue weighted by atomic mass is 10.0. The summed E-state index contributed by atoms with van der Waals surface area (Å²) in [5.41, 5.74) is 0.752. The summed E-state index contributed by atoms with van der Waals surface area (Å²) in [6.45, 7) is 3.63. The van der Waals surface area contributed by atoms with Gasteiger partial charge in [0.25, 0.3) is 10.0 Å². The van der Waals surface area contributed by atoms with Crippen LogP contribution in [0.4, 0.5) is 0 Å². The van der Waals surface area contributed by atoms with E-state index >= 15 is 0 Å². The number of hydrogen-bond donors (Lipinski definition) is 0. The van der Waals surface area contributed by atoms with E-state index in [2.05, 4.69) is 0 Å². The molecule has 1 aliphatic heterocycles. The van der Waals surface area contributed by atoms with Gasteiger partial charge in [0.2, 0.25) is 0 Å². The van der Waals surface area contributed by atoms with Crippen LogP contribution in [-0.4, -0.2) is 31.1 Å². The molecule has 2 rings (SSSR count). The fourth-order valence-electron chi connectivity index (χ4n) is 2.27. The van der Waals surface area contributed by atoms with Gasteiger partial charge in [-0.25, -0.2) is 8.42 Å². The third kappa shape index (κ3) is 2.86. The third-order valence-electron chi connectivity index (χ3n) is 3.32. The second kappa shape index (κ2) is 5.52. The molecule has 0 N–H and O–H groups in total. The molecule has 0 radical (unpaired) electrons. The van der Waals surface area contributed by atoms with Crippen molar-refractivity contribution < 1.29 is 13.2 Å². The molecule has 1 fully saturated rings. The largest absolute Gasteiger partial charge is 0.298 e. The normalized spacial score (nSPS) is 21.5. The van der Waals surface area contributed by atoms with Gasteiger partial charge in [0, 0.05) is 6.54 Å². The van der Waals surface area contributed by atoms with E-state index in [1.54, 1.807) is 13.0 Å². The highest BCUT2D eigenvalue weighted by atomic mass is 35.5. The molecule has 1 aliphatic rings. The quantitative estimate of drug-likeness (QED) is 0.860. The molecule has 1 aromatic rings. The van der Waals surface area contributed by atoms with Crippen molar-refractivity contribution in [2.75, 3.05) is 6.54 Å². The zero-order valence-corrected chi connectivity index (χ0v) is 13.2. The van der Waals surface area contributed by atoms with Crippen molar-refractivity contribution in [2.45, 2.75) is 43.4 Å². The van der Waals surface area contributed by atoms with Gasteiger partial charge in [-0.2, -0.15) is 4.31 Å². The van der Waals surface area contributed by atoms with E-state index < -0.39 is 16.1 Å². The van der Waals surface area contributed by atoms with Crippen molar-refractivity contribution in [2.24, 2.45) is 0 Å². The molecule has 4 nitrogen and oxygen atoms in total. The first-order valence-electron chi connectivity index (χ1n) is 6.12. The Morgan fingerprint density at radius 1 is 1.47 bits per heavy atom. The monoisotopic (exact) mass is 321 g/mol. The smallest absolute Gasteiger partial charge is 0.253 e. The van der Waals surface area contributed by atoms with Crippen LogP contribution >= 0.6 is 22.9 Å². The maximum atomic E-state index is 12.6. The Balaban J connectivity index is 2.39. The summed E-state index contributed by atoms with van der Waals surface area (Å²) in [6, 6.07) is 1.05. The first-order valence-corrected chi connectivity index (χ1v) is 8.75. The van der Waals surface area contributed by atoms with E-state index in [1.165, 1.54) is 11.2 Å². The van der Waals surface area contributed by atoms with Crippen LogP contribution in [0, 0.1) is 6.92 Å². The van der Waals surface area contributed by atoms with Crippen molar-refractivity contribution in [3.63, 3.8) is 0 Å². The maximum absolute atomic E-state index is 12.6. The summed E-state index contributed by atoms with van der Waals surface area (Å²) in [6.07, 6.45) is 2.29. The molecule has 0 spiro atoms. The van der Waals surface area contributed by atoms with Crippen LogP contribution < -0.4 is 0 Å².